The van der Waals surface area contributed by atoms with Crippen LogP contribution in [0.1, 0.15) is 35.9 Å². The molecule has 0 aromatic carbocycles. The Morgan fingerprint density at radius 3 is 2.79 bits per heavy atom. The van der Waals surface area contributed by atoms with E-state index in [1.54, 1.807) is 12.1 Å². The van der Waals surface area contributed by atoms with Crippen LogP contribution >= 0.6 is 0 Å². The fourth-order valence-corrected chi connectivity index (χ4v) is 2.43. The van der Waals surface area contributed by atoms with E-state index in [1.165, 1.54) is 4.90 Å². The van der Waals surface area contributed by atoms with Crippen LogP contribution in [0.25, 0.3) is 0 Å². The molecule has 0 aliphatic carbocycles. The number of aliphatic carboxylic acids is 1. The average molecular weight is 262 g/mol. The van der Waals surface area contributed by atoms with E-state index in [4.69, 9.17) is 0 Å². The minimum absolute atomic E-state index is 0.289. The zero-order chi connectivity index (χ0) is 14.0. The number of pyridine rings is 1. The first-order valence-corrected chi connectivity index (χ1v) is 6.46. The van der Waals surface area contributed by atoms with Crippen LogP contribution in [0.4, 0.5) is 0 Å². The van der Waals surface area contributed by atoms with E-state index >= 15 is 0 Å². The van der Waals surface area contributed by atoms with Crippen LogP contribution in [0.2, 0.25) is 0 Å². The zero-order valence-corrected chi connectivity index (χ0v) is 11.2. The standard InChI is InChI=1S/C14H18N2O3/c1-9-6-7-16(12(8-9)14(18)19)13(17)11-5-3-4-10(2)15-11/h3-5,9,12H,6-8H2,1-2H3,(H,18,19). The summed E-state index contributed by atoms with van der Waals surface area (Å²) >= 11 is 0. The predicted molar refractivity (Wildman–Crippen MR) is 69.8 cm³/mol. The van der Waals surface area contributed by atoms with Crippen LogP contribution in [-0.4, -0.2) is 39.5 Å². The first kappa shape index (κ1) is 13.5. The largest absolute Gasteiger partial charge is 0.480 e. The molecule has 2 rings (SSSR count). The molecule has 1 aliphatic rings. The van der Waals surface area contributed by atoms with Gasteiger partial charge in [0.15, 0.2) is 0 Å². The summed E-state index contributed by atoms with van der Waals surface area (Å²) in [5.74, 6) is -0.897. The number of rotatable bonds is 2. The first-order valence-electron chi connectivity index (χ1n) is 6.46. The number of carboxylic acids is 1. The van der Waals surface area contributed by atoms with Gasteiger partial charge in [0, 0.05) is 12.2 Å². The minimum atomic E-state index is -0.937. The Bertz CT molecular complexity index is 501. The summed E-state index contributed by atoms with van der Waals surface area (Å²) in [7, 11) is 0. The molecule has 5 heteroatoms. The molecule has 1 amide bonds. The molecule has 0 spiro atoms. The van der Waals surface area contributed by atoms with Gasteiger partial charge in [0.2, 0.25) is 0 Å². The monoisotopic (exact) mass is 262 g/mol. The number of likely N-dealkylation sites (tertiary alicyclic amines) is 1. The van der Waals surface area contributed by atoms with Gasteiger partial charge in [0.1, 0.15) is 11.7 Å². The van der Waals surface area contributed by atoms with Gasteiger partial charge in [-0.3, -0.25) is 4.79 Å². The molecule has 0 bridgehead atoms. The van der Waals surface area contributed by atoms with Gasteiger partial charge in [-0.15, -0.1) is 0 Å². The zero-order valence-electron chi connectivity index (χ0n) is 11.2. The third kappa shape index (κ3) is 2.92. The Balaban J connectivity index is 2.24. The van der Waals surface area contributed by atoms with Gasteiger partial charge in [-0.1, -0.05) is 13.0 Å². The number of nitrogens with zero attached hydrogens (tertiary/aromatic N) is 2. The maximum absolute atomic E-state index is 12.4. The molecule has 1 aliphatic heterocycles. The van der Waals surface area contributed by atoms with Crippen molar-refractivity contribution < 1.29 is 14.7 Å². The summed E-state index contributed by atoms with van der Waals surface area (Å²) in [6.07, 6.45) is 1.34. The van der Waals surface area contributed by atoms with Crippen molar-refractivity contribution in [3.63, 3.8) is 0 Å². The van der Waals surface area contributed by atoms with E-state index in [1.807, 2.05) is 19.9 Å². The highest BCUT2D eigenvalue weighted by Crippen LogP contribution is 2.24. The molecule has 1 aromatic heterocycles. The van der Waals surface area contributed by atoms with Gasteiger partial charge in [-0.25, -0.2) is 9.78 Å². The number of carbonyl (C=O) groups excluding carboxylic acids is 1. The molecular formula is C14H18N2O3. The Labute approximate surface area is 112 Å². The topological polar surface area (TPSA) is 70.5 Å². The molecule has 1 N–H and O–H groups in total. The lowest BCUT2D eigenvalue weighted by Crippen LogP contribution is -2.50. The number of aromatic nitrogens is 1. The molecule has 102 valence electrons. The van der Waals surface area contributed by atoms with E-state index < -0.39 is 12.0 Å². The smallest absolute Gasteiger partial charge is 0.326 e. The highest BCUT2D eigenvalue weighted by Gasteiger charge is 2.35. The highest BCUT2D eigenvalue weighted by molar-refractivity contribution is 5.95. The lowest BCUT2D eigenvalue weighted by Gasteiger charge is -2.35. The van der Waals surface area contributed by atoms with Crippen molar-refractivity contribution in [2.24, 2.45) is 5.92 Å². The molecular weight excluding hydrogens is 244 g/mol. The van der Waals surface area contributed by atoms with Crippen LogP contribution in [0, 0.1) is 12.8 Å². The second kappa shape index (κ2) is 5.38. The number of carboxylic acid groups (broad SMARTS) is 1. The summed E-state index contributed by atoms with van der Waals surface area (Å²) in [4.78, 5) is 29.3. The first-order chi connectivity index (χ1) is 8.99. The van der Waals surface area contributed by atoms with Crippen molar-refractivity contribution in [2.75, 3.05) is 6.54 Å². The third-order valence-electron chi connectivity index (χ3n) is 3.52. The minimum Gasteiger partial charge on any atom is -0.480 e. The van der Waals surface area contributed by atoms with Crippen molar-refractivity contribution in [1.82, 2.24) is 9.88 Å². The van der Waals surface area contributed by atoms with Gasteiger partial charge >= 0.3 is 5.97 Å². The SMILES string of the molecule is Cc1cccc(C(=O)N2CCC(C)CC2C(=O)O)n1. The van der Waals surface area contributed by atoms with Crippen LogP contribution in [0.3, 0.4) is 0 Å². The van der Waals surface area contributed by atoms with Crippen molar-refractivity contribution in [3.8, 4) is 0 Å². The molecule has 0 saturated carbocycles. The second-order valence-corrected chi connectivity index (χ2v) is 5.15. The van der Waals surface area contributed by atoms with Crippen LogP contribution < -0.4 is 0 Å². The quantitative estimate of drug-likeness (QED) is 0.881. The van der Waals surface area contributed by atoms with E-state index in [9.17, 15) is 14.7 Å². The molecule has 5 nitrogen and oxygen atoms in total. The molecule has 0 radical (unpaired) electrons. The van der Waals surface area contributed by atoms with E-state index in [0.717, 1.165) is 12.1 Å². The normalized spacial score (nSPS) is 23.2. The summed E-state index contributed by atoms with van der Waals surface area (Å²) in [5, 5.41) is 9.26. The number of carbonyl (C=O) groups is 2. The second-order valence-electron chi connectivity index (χ2n) is 5.15. The number of aryl methyl sites for hydroxylation is 1. The van der Waals surface area contributed by atoms with Gasteiger partial charge in [-0.2, -0.15) is 0 Å². The summed E-state index contributed by atoms with van der Waals surface area (Å²) in [6.45, 7) is 4.30. The fourth-order valence-electron chi connectivity index (χ4n) is 2.43. The van der Waals surface area contributed by atoms with Crippen molar-refractivity contribution >= 4 is 11.9 Å². The molecule has 19 heavy (non-hydrogen) atoms. The fraction of sp³-hybridized carbons (Fsp3) is 0.500. The number of amides is 1. The maximum atomic E-state index is 12.4. The Hall–Kier alpha value is -1.91. The molecule has 2 heterocycles. The van der Waals surface area contributed by atoms with Gasteiger partial charge in [0.05, 0.1) is 0 Å². The van der Waals surface area contributed by atoms with Crippen molar-refractivity contribution in [2.45, 2.75) is 32.7 Å². The van der Waals surface area contributed by atoms with Crippen LogP contribution in [-0.2, 0) is 4.79 Å². The molecule has 1 saturated heterocycles. The summed E-state index contributed by atoms with van der Waals surface area (Å²) < 4.78 is 0. The maximum Gasteiger partial charge on any atom is 0.326 e. The van der Waals surface area contributed by atoms with Gasteiger partial charge in [-0.05, 0) is 37.8 Å². The third-order valence-corrected chi connectivity index (χ3v) is 3.52. The van der Waals surface area contributed by atoms with Crippen LogP contribution in [0.5, 0.6) is 0 Å². The van der Waals surface area contributed by atoms with Crippen molar-refractivity contribution in [3.05, 3.63) is 29.6 Å². The Morgan fingerprint density at radius 1 is 1.42 bits per heavy atom. The molecule has 1 fully saturated rings. The van der Waals surface area contributed by atoms with E-state index in [-0.39, 0.29) is 5.91 Å². The van der Waals surface area contributed by atoms with Crippen LogP contribution in [0.15, 0.2) is 18.2 Å². The number of piperidine rings is 1. The highest BCUT2D eigenvalue weighted by atomic mass is 16.4. The lowest BCUT2D eigenvalue weighted by molar-refractivity contribution is -0.144. The summed E-state index contributed by atoms with van der Waals surface area (Å²) in [5.41, 5.74) is 1.07. The van der Waals surface area contributed by atoms with E-state index in [2.05, 4.69) is 4.98 Å². The van der Waals surface area contributed by atoms with Crippen molar-refractivity contribution in [1.29, 1.82) is 0 Å². The number of hydrogen-bond acceptors (Lipinski definition) is 3. The lowest BCUT2D eigenvalue weighted by atomic mass is 9.92. The Morgan fingerprint density at radius 2 is 2.16 bits per heavy atom. The van der Waals surface area contributed by atoms with Gasteiger partial charge in [0.25, 0.3) is 5.91 Å². The predicted octanol–water partition coefficient (Wildman–Crippen LogP) is 1.72. The number of hydrogen-bond donors (Lipinski definition) is 1. The molecule has 2 unspecified atom stereocenters. The average Bonchev–Trinajstić information content (AvgIpc) is 2.37. The van der Waals surface area contributed by atoms with Gasteiger partial charge < -0.3 is 10.0 Å². The van der Waals surface area contributed by atoms with E-state index in [0.29, 0.717) is 24.6 Å². The Kier molecular flexibility index (Phi) is 3.83. The molecule has 1 aromatic rings. The summed E-state index contributed by atoms with van der Waals surface area (Å²) in [6, 6.07) is 4.46. The molecule has 2 atom stereocenters.